The van der Waals surface area contributed by atoms with Crippen molar-refractivity contribution in [1.29, 1.82) is 0 Å². The Balaban J connectivity index is 1.21. The zero-order chi connectivity index (χ0) is 24.5. The summed E-state index contributed by atoms with van der Waals surface area (Å²) in [6, 6.07) is 17.2. The molecule has 0 spiro atoms. The Morgan fingerprint density at radius 1 is 1.03 bits per heavy atom. The van der Waals surface area contributed by atoms with Gasteiger partial charge < -0.3 is 19.7 Å². The fraction of sp³-hybridized carbons (Fsp3) is 0.464. The molecule has 0 atom stereocenters. The number of rotatable bonds is 12. The predicted molar refractivity (Wildman–Crippen MR) is 142 cm³/mol. The first-order chi connectivity index (χ1) is 17.1. The number of aliphatic hydroxyl groups excluding tert-OH is 1. The van der Waals surface area contributed by atoms with Crippen LogP contribution in [0.25, 0.3) is 10.9 Å². The topological polar surface area (TPSA) is 68.8 Å². The van der Waals surface area contributed by atoms with E-state index in [0.29, 0.717) is 6.61 Å². The summed E-state index contributed by atoms with van der Waals surface area (Å²) in [5, 5.41) is 11.6. The monoisotopic (exact) mass is 497 g/mol. The maximum atomic E-state index is 11.4. The van der Waals surface area contributed by atoms with E-state index in [4.69, 9.17) is 16.3 Å². The lowest BCUT2D eigenvalue weighted by Crippen LogP contribution is -2.41. The molecule has 0 bridgehead atoms. The molecule has 1 saturated heterocycles. The van der Waals surface area contributed by atoms with Crippen molar-refractivity contribution in [2.75, 3.05) is 39.3 Å². The molecule has 2 aromatic carbocycles. The number of H-pyrrole nitrogens is 1. The van der Waals surface area contributed by atoms with E-state index in [9.17, 15) is 9.90 Å². The van der Waals surface area contributed by atoms with E-state index < -0.39 is 0 Å². The van der Waals surface area contributed by atoms with E-state index in [1.54, 1.807) is 0 Å². The van der Waals surface area contributed by atoms with Gasteiger partial charge >= 0.3 is 0 Å². The van der Waals surface area contributed by atoms with Gasteiger partial charge in [0.1, 0.15) is 5.75 Å². The second kappa shape index (κ2) is 13.1. The Morgan fingerprint density at radius 2 is 1.86 bits per heavy atom. The Labute approximate surface area is 212 Å². The minimum Gasteiger partial charge on any atom is -0.494 e. The Hall–Kier alpha value is -2.38. The summed E-state index contributed by atoms with van der Waals surface area (Å²) in [5.41, 5.74) is 1.90. The quantitative estimate of drug-likeness (QED) is 0.355. The minimum atomic E-state index is -0.133. The van der Waals surface area contributed by atoms with E-state index in [1.807, 2.05) is 42.5 Å². The van der Waals surface area contributed by atoms with Gasteiger partial charge in [-0.1, -0.05) is 29.8 Å². The zero-order valence-electron chi connectivity index (χ0n) is 20.3. The van der Waals surface area contributed by atoms with Crippen LogP contribution in [0.2, 0.25) is 5.02 Å². The number of hydrogen-bond donors (Lipinski definition) is 2. The number of aromatic nitrogens is 1. The van der Waals surface area contributed by atoms with Crippen LogP contribution in [0.5, 0.6) is 5.75 Å². The van der Waals surface area contributed by atoms with Crippen LogP contribution in [0.1, 0.15) is 37.7 Å². The third kappa shape index (κ3) is 8.07. The molecule has 2 heterocycles. The summed E-state index contributed by atoms with van der Waals surface area (Å²) in [4.78, 5) is 19.2. The highest BCUT2D eigenvalue weighted by atomic mass is 35.5. The van der Waals surface area contributed by atoms with E-state index in [1.165, 1.54) is 11.6 Å². The molecule has 1 fully saturated rings. The second-order valence-electron chi connectivity index (χ2n) is 9.42. The number of unbranched alkanes of at least 4 members (excludes halogenated alkanes) is 2. The van der Waals surface area contributed by atoms with Crippen LogP contribution >= 0.6 is 11.6 Å². The number of nitrogens with one attached hydrogen (secondary N) is 1. The van der Waals surface area contributed by atoms with Crippen LogP contribution in [-0.4, -0.2) is 65.3 Å². The molecule has 4 rings (SSSR count). The van der Waals surface area contributed by atoms with Crippen LogP contribution in [0, 0.1) is 0 Å². The van der Waals surface area contributed by atoms with Crippen molar-refractivity contribution in [2.24, 2.45) is 0 Å². The van der Waals surface area contributed by atoms with Gasteiger partial charge in [0.15, 0.2) is 0 Å². The number of hydrogen-bond acceptors (Lipinski definition) is 5. The van der Waals surface area contributed by atoms with Crippen molar-refractivity contribution in [1.82, 2.24) is 14.8 Å². The Kier molecular flexibility index (Phi) is 9.60. The molecule has 0 amide bonds. The fourth-order valence-corrected chi connectivity index (χ4v) is 4.79. The van der Waals surface area contributed by atoms with Gasteiger partial charge in [-0.2, -0.15) is 0 Å². The summed E-state index contributed by atoms with van der Waals surface area (Å²) in [6.07, 6.45) is 4.81. The lowest BCUT2D eigenvalue weighted by molar-refractivity contribution is 0.0759. The molecular weight excluding hydrogens is 462 g/mol. The highest BCUT2D eigenvalue weighted by Crippen LogP contribution is 2.20. The third-order valence-electron chi connectivity index (χ3n) is 6.72. The standard InChI is InChI=1S/C28H36ClN3O3/c29-26-7-3-2-6-23(26)21-32(18-17-31-15-12-24(33)13-16-31)14-4-1-5-19-35-25-9-10-27-22(20-25)8-11-28(34)30-27/h2-3,6-11,20,24,33H,1,4-5,12-19,21H2,(H,30,34). The first-order valence-corrected chi connectivity index (χ1v) is 13.1. The SMILES string of the molecule is O=c1ccc2cc(OCCCCCN(CCN3CCC(O)CC3)Cc3ccccc3Cl)ccc2[nH]1. The van der Waals surface area contributed by atoms with E-state index in [2.05, 4.69) is 20.9 Å². The van der Waals surface area contributed by atoms with Crippen molar-refractivity contribution >= 4 is 22.5 Å². The number of pyridine rings is 1. The molecule has 3 aromatic rings. The Morgan fingerprint density at radius 3 is 2.69 bits per heavy atom. The number of likely N-dealkylation sites (tertiary alicyclic amines) is 1. The molecule has 2 N–H and O–H groups in total. The maximum Gasteiger partial charge on any atom is 0.248 e. The molecule has 0 saturated carbocycles. The van der Waals surface area contributed by atoms with Crippen molar-refractivity contribution in [3.63, 3.8) is 0 Å². The van der Waals surface area contributed by atoms with Crippen LogP contribution in [0.3, 0.4) is 0 Å². The number of halogens is 1. The predicted octanol–water partition coefficient (Wildman–Crippen LogP) is 4.69. The summed E-state index contributed by atoms with van der Waals surface area (Å²) in [6.45, 7) is 6.52. The number of ether oxygens (including phenoxy) is 1. The van der Waals surface area contributed by atoms with Gasteiger partial charge in [-0.3, -0.25) is 9.69 Å². The number of piperidine rings is 1. The molecule has 7 heteroatoms. The second-order valence-corrected chi connectivity index (χ2v) is 9.83. The molecule has 188 valence electrons. The molecule has 35 heavy (non-hydrogen) atoms. The van der Waals surface area contributed by atoms with E-state index in [-0.39, 0.29) is 11.7 Å². The van der Waals surface area contributed by atoms with Gasteiger partial charge in [0.2, 0.25) is 5.56 Å². The van der Waals surface area contributed by atoms with E-state index in [0.717, 1.165) is 93.0 Å². The van der Waals surface area contributed by atoms with Gasteiger partial charge in [-0.25, -0.2) is 0 Å². The number of aromatic amines is 1. The van der Waals surface area contributed by atoms with Gasteiger partial charge in [-0.05, 0) is 74.5 Å². The molecule has 1 aromatic heterocycles. The lowest BCUT2D eigenvalue weighted by Gasteiger charge is -2.32. The number of nitrogens with zero attached hydrogens (tertiary/aromatic N) is 2. The molecule has 6 nitrogen and oxygen atoms in total. The average molecular weight is 498 g/mol. The minimum absolute atomic E-state index is 0.0931. The first-order valence-electron chi connectivity index (χ1n) is 12.7. The third-order valence-corrected chi connectivity index (χ3v) is 7.09. The fourth-order valence-electron chi connectivity index (χ4n) is 4.59. The Bertz CT molecular complexity index is 1130. The van der Waals surface area contributed by atoms with Gasteiger partial charge in [0.25, 0.3) is 0 Å². The number of benzene rings is 2. The van der Waals surface area contributed by atoms with Crippen LogP contribution in [0.4, 0.5) is 0 Å². The smallest absolute Gasteiger partial charge is 0.248 e. The molecule has 0 radical (unpaired) electrons. The lowest BCUT2D eigenvalue weighted by atomic mass is 10.1. The first kappa shape index (κ1) is 25.7. The van der Waals surface area contributed by atoms with Crippen molar-refractivity contribution in [3.05, 3.63) is 75.5 Å². The largest absolute Gasteiger partial charge is 0.494 e. The summed E-state index contributed by atoms with van der Waals surface area (Å²) in [7, 11) is 0. The van der Waals surface area contributed by atoms with Crippen molar-refractivity contribution in [2.45, 2.75) is 44.8 Å². The van der Waals surface area contributed by atoms with Crippen LogP contribution in [-0.2, 0) is 6.54 Å². The van der Waals surface area contributed by atoms with Crippen LogP contribution in [0.15, 0.2) is 59.4 Å². The number of fused-ring (bicyclic) bond motifs is 1. The summed E-state index contributed by atoms with van der Waals surface area (Å²) in [5.74, 6) is 0.830. The molecule has 0 aliphatic carbocycles. The summed E-state index contributed by atoms with van der Waals surface area (Å²) >= 11 is 6.44. The molecule has 1 aliphatic heterocycles. The maximum absolute atomic E-state index is 11.4. The van der Waals surface area contributed by atoms with Crippen molar-refractivity contribution in [3.8, 4) is 5.75 Å². The van der Waals surface area contributed by atoms with Gasteiger partial charge in [0.05, 0.1) is 12.7 Å². The summed E-state index contributed by atoms with van der Waals surface area (Å²) < 4.78 is 5.95. The average Bonchev–Trinajstić information content (AvgIpc) is 2.86. The highest BCUT2D eigenvalue weighted by Gasteiger charge is 2.18. The normalized spacial score (nSPS) is 15.2. The molecular formula is C28H36ClN3O3. The van der Waals surface area contributed by atoms with Gasteiger partial charge in [0, 0.05) is 54.7 Å². The zero-order valence-corrected chi connectivity index (χ0v) is 21.1. The van der Waals surface area contributed by atoms with Crippen LogP contribution < -0.4 is 10.3 Å². The van der Waals surface area contributed by atoms with E-state index >= 15 is 0 Å². The number of aliphatic hydroxyl groups is 1. The highest BCUT2D eigenvalue weighted by molar-refractivity contribution is 6.31. The van der Waals surface area contributed by atoms with Gasteiger partial charge in [-0.15, -0.1) is 0 Å². The molecule has 0 unspecified atom stereocenters. The van der Waals surface area contributed by atoms with Crippen molar-refractivity contribution < 1.29 is 9.84 Å². The molecule has 1 aliphatic rings.